The average Bonchev–Trinajstić information content (AvgIpc) is 2.76. The Morgan fingerprint density at radius 3 is 2.79 bits per heavy atom. The molecule has 0 N–H and O–H groups in total. The van der Waals surface area contributed by atoms with E-state index in [9.17, 15) is 0 Å². The van der Waals surface area contributed by atoms with Gasteiger partial charge in [0.25, 0.3) is 0 Å². The number of alkyl halides is 1. The second kappa shape index (κ2) is 5.12. The summed E-state index contributed by atoms with van der Waals surface area (Å²) in [7, 11) is 0. The highest BCUT2D eigenvalue weighted by Gasteiger charge is 2.28. The summed E-state index contributed by atoms with van der Waals surface area (Å²) < 4.78 is 0. The molecule has 0 spiro atoms. The van der Waals surface area contributed by atoms with Crippen molar-refractivity contribution in [2.75, 3.05) is 11.4 Å². The van der Waals surface area contributed by atoms with Gasteiger partial charge in [0, 0.05) is 28.9 Å². The van der Waals surface area contributed by atoms with Crippen LogP contribution >= 0.6 is 15.9 Å². The number of para-hydroxylation sites is 1. The van der Waals surface area contributed by atoms with Crippen LogP contribution in [-0.4, -0.2) is 17.6 Å². The van der Waals surface area contributed by atoms with Crippen LogP contribution in [0.5, 0.6) is 0 Å². The lowest BCUT2D eigenvalue weighted by atomic mass is 10.1. The number of nitrogens with zero attached hydrogens (tertiary/aromatic N) is 2. The highest BCUT2D eigenvalue weighted by atomic mass is 79.9. The standard InChI is InChI=1S/C16H19BrN2/c1-11-7-12(2)19(10-11)16-14(9-17)8-13-5-3-4-6-15(13)18-16/h3-6,8,11-12H,7,9-10H2,1-2H3. The Labute approximate surface area is 123 Å². The molecule has 1 fully saturated rings. The van der Waals surface area contributed by atoms with Gasteiger partial charge in [-0.25, -0.2) is 4.98 Å². The van der Waals surface area contributed by atoms with Gasteiger partial charge in [0.15, 0.2) is 0 Å². The first kappa shape index (κ1) is 12.9. The van der Waals surface area contributed by atoms with Crippen LogP contribution in [-0.2, 0) is 5.33 Å². The fourth-order valence-corrected chi connectivity index (χ4v) is 3.50. The Morgan fingerprint density at radius 1 is 1.32 bits per heavy atom. The minimum atomic E-state index is 0.585. The van der Waals surface area contributed by atoms with Crippen molar-refractivity contribution in [3.8, 4) is 0 Å². The van der Waals surface area contributed by atoms with Crippen molar-refractivity contribution in [2.45, 2.75) is 31.6 Å². The van der Waals surface area contributed by atoms with Crippen molar-refractivity contribution >= 4 is 32.7 Å². The van der Waals surface area contributed by atoms with Gasteiger partial charge in [0.1, 0.15) is 5.82 Å². The molecule has 19 heavy (non-hydrogen) atoms. The first-order chi connectivity index (χ1) is 9.19. The van der Waals surface area contributed by atoms with Gasteiger partial charge in [0.05, 0.1) is 5.52 Å². The molecule has 2 nitrogen and oxygen atoms in total. The average molecular weight is 319 g/mol. The van der Waals surface area contributed by atoms with E-state index in [1.807, 2.05) is 0 Å². The first-order valence-electron chi connectivity index (χ1n) is 6.90. The topological polar surface area (TPSA) is 16.1 Å². The van der Waals surface area contributed by atoms with Gasteiger partial charge in [-0.15, -0.1) is 0 Å². The van der Waals surface area contributed by atoms with E-state index in [0.29, 0.717) is 6.04 Å². The molecule has 2 atom stereocenters. The summed E-state index contributed by atoms with van der Waals surface area (Å²) >= 11 is 3.61. The molecule has 0 amide bonds. The molecule has 0 aliphatic carbocycles. The Kier molecular flexibility index (Phi) is 3.48. The van der Waals surface area contributed by atoms with Gasteiger partial charge >= 0.3 is 0 Å². The second-order valence-electron chi connectivity index (χ2n) is 5.64. The van der Waals surface area contributed by atoms with Crippen LogP contribution in [0, 0.1) is 5.92 Å². The van der Waals surface area contributed by atoms with Crippen molar-refractivity contribution in [1.29, 1.82) is 0 Å². The van der Waals surface area contributed by atoms with E-state index in [2.05, 4.69) is 65.0 Å². The maximum atomic E-state index is 4.91. The molecular formula is C16H19BrN2. The van der Waals surface area contributed by atoms with E-state index >= 15 is 0 Å². The lowest BCUT2D eigenvalue weighted by molar-refractivity contribution is 0.625. The SMILES string of the molecule is CC1CC(C)N(c2nc3ccccc3cc2CBr)C1. The molecule has 1 aromatic carbocycles. The zero-order valence-corrected chi connectivity index (χ0v) is 13.0. The van der Waals surface area contributed by atoms with E-state index in [1.54, 1.807) is 0 Å². The summed E-state index contributed by atoms with van der Waals surface area (Å²) in [5.74, 6) is 1.92. The number of halogens is 1. The maximum Gasteiger partial charge on any atom is 0.133 e. The molecular weight excluding hydrogens is 300 g/mol. The van der Waals surface area contributed by atoms with Crippen LogP contribution in [0.15, 0.2) is 30.3 Å². The summed E-state index contributed by atoms with van der Waals surface area (Å²) in [6.45, 7) is 5.75. The number of hydrogen-bond donors (Lipinski definition) is 0. The van der Waals surface area contributed by atoms with Crippen molar-refractivity contribution in [3.05, 3.63) is 35.9 Å². The van der Waals surface area contributed by atoms with Crippen LogP contribution < -0.4 is 4.90 Å². The molecule has 3 rings (SSSR count). The summed E-state index contributed by atoms with van der Waals surface area (Å²) in [6, 6.07) is 11.2. The smallest absolute Gasteiger partial charge is 0.133 e. The number of hydrogen-bond acceptors (Lipinski definition) is 2. The Hall–Kier alpha value is -1.09. The first-order valence-corrected chi connectivity index (χ1v) is 8.02. The number of benzene rings is 1. The number of rotatable bonds is 2. The molecule has 0 radical (unpaired) electrons. The third-order valence-corrected chi connectivity index (χ3v) is 4.58. The van der Waals surface area contributed by atoms with E-state index < -0.39 is 0 Å². The van der Waals surface area contributed by atoms with Gasteiger partial charge in [-0.2, -0.15) is 0 Å². The molecule has 2 aromatic rings. The van der Waals surface area contributed by atoms with E-state index in [4.69, 9.17) is 4.98 Å². The highest BCUT2D eigenvalue weighted by molar-refractivity contribution is 9.08. The predicted molar refractivity (Wildman–Crippen MR) is 85.0 cm³/mol. The molecule has 100 valence electrons. The van der Waals surface area contributed by atoms with Crippen LogP contribution in [0.25, 0.3) is 10.9 Å². The zero-order valence-electron chi connectivity index (χ0n) is 11.4. The van der Waals surface area contributed by atoms with Gasteiger partial charge in [-0.3, -0.25) is 0 Å². The predicted octanol–water partition coefficient (Wildman–Crippen LogP) is 4.36. The van der Waals surface area contributed by atoms with Gasteiger partial charge in [-0.05, 0) is 31.4 Å². The Morgan fingerprint density at radius 2 is 2.11 bits per heavy atom. The summed E-state index contributed by atoms with van der Waals surface area (Å²) in [5.41, 5.74) is 2.38. The molecule has 2 heterocycles. The molecule has 1 aliphatic rings. The summed E-state index contributed by atoms with van der Waals surface area (Å²) in [6.07, 6.45) is 1.26. The molecule has 1 aliphatic heterocycles. The van der Waals surface area contributed by atoms with Crippen LogP contribution in [0.1, 0.15) is 25.8 Å². The van der Waals surface area contributed by atoms with Crippen molar-refractivity contribution in [2.24, 2.45) is 5.92 Å². The summed E-state index contributed by atoms with van der Waals surface area (Å²) in [4.78, 5) is 7.37. The molecule has 0 bridgehead atoms. The number of anilines is 1. The lowest BCUT2D eigenvalue weighted by Gasteiger charge is -2.25. The largest absolute Gasteiger partial charge is 0.353 e. The van der Waals surface area contributed by atoms with Crippen molar-refractivity contribution in [3.63, 3.8) is 0 Å². The van der Waals surface area contributed by atoms with Gasteiger partial charge in [-0.1, -0.05) is 41.1 Å². The molecule has 2 unspecified atom stereocenters. The van der Waals surface area contributed by atoms with Crippen LogP contribution in [0.2, 0.25) is 0 Å². The third kappa shape index (κ3) is 2.36. The lowest BCUT2D eigenvalue weighted by Crippen LogP contribution is -2.28. The fourth-order valence-electron chi connectivity index (χ4n) is 3.09. The van der Waals surface area contributed by atoms with Crippen molar-refractivity contribution < 1.29 is 0 Å². The monoisotopic (exact) mass is 318 g/mol. The maximum absolute atomic E-state index is 4.91. The fraction of sp³-hybridized carbons (Fsp3) is 0.438. The second-order valence-corrected chi connectivity index (χ2v) is 6.20. The van der Waals surface area contributed by atoms with Gasteiger partial charge < -0.3 is 4.90 Å². The van der Waals surface area contributed by atoms with E-state index in [0.717, 1.165) is 29.1 Å². The van der Waals surface area contributed by atoms with Crippen molar-refractivity contribution in [1.82, 2.24) is 4.98 Å². The quantitative estimate of drug-likeness (QED) is 0.765. The van der Waals surface area contributed by atoms with E-state index in [1.165, 1.54) is 17.4 Å². The molecule has 1 aromatic heterocycles. The molecule has 0 saturated carbocycles. The summed E-state index contributed by atoms with van der Waals surface area (Å²) in [5, 5.41) is 2.08. The van der Waals surface area contributed by atoms with E-state index in [-0.39, 0.29) is 0 Å². The minimum Gasteiger partial charge on any atom is -0.353 e. The normalized spacial score (nSPS) is 23.2. The number of fused-ring (bicyclic) bond motifs is 1. The number of pyridine rings is 1. The van der Waals surface area contributed by atoms with Crippen LogP contribution in [0.3, 0.4) is 0 Å². The number of aromatic nitrogens is 1. The Balaban J connectivity index is 2.11. The Bertz CT molecular complexity index is 596. The van der Waals surface area contributed by atoms with Crippen LogP contribution in [0.4, 0.5) is 5.82 Å². The zero-order chi connectivity index (χ0) is 13.4. The highest BCUT2D eigenvalue weighted by Crippen LogP contribution is 2.32. The third-order valence-electron chi connectivity index (χ3n) is 3.98. The molecule has 3 heteroatoms. The van der Waals surface area contributed by atoms with Gasteiger partial charge in [0.2, 0.25) is 0 Å². The molecule has 1 saturated heterocycles. The minimum absolute atomic E-state index is 0.585.